The first-order chi connectivity index (χ1) is 20.1. The molecule has 0 aromatic heterocycles. The second-order valence-electron chi connectivity index (χ2n) is 9.25. The summed E-state index contributed by atoms with van der Waals surface area (Å²) in [6, 6.07) is 19.9. The van der Waals surface area contributed by atoms with E-state index in [4.69, 9.17) is 28.8 Å². The molecule has 7 nitrogen and oxygen atoms in total. The smallest absolute Gasteiger partial charge is 0.127 e. The van der Waals surface area contributed by atoms with Gasteiger partial charge in [0, 0.05) is 19.1 Å². The third-order valence-electron chi connectivity index (χ3n) is 5.63. The van der Waals surface area contributed by atoms with Crippen LogP contribution in [0.25, 0.3) is 5.57 Å². The predicted molar refractivity (Wildman–Crippen MR) is 167 cm³/mol. The summed E-state index contributed by atoms with van der Waals surface area (Å²) in [6.45, 7) is 14.1. The van der Waals surface area contributed by atoms with Crippen molar-refractivity contribution in [3.8, 4) is 0 Å². The Balaban J connectivity index is 0.000000643. The molecule has 2 rings (SSSR count). The number of aliphatic hydroxyl groups is 1. The molecule has 1 atom stereocenters. The van der Waals surface area contributed by atoms with Crippen LogP contribution in [0.4, 0.5) is 0 Å². The largest absolute Gasteiger partial charge is 0.498 e. The Morgan fingerprint density at radius 3 is 1.66 bits per heavy atom. The summed E-state index contributed by atoms with van der Waals surface area (Å²) < 4.78 is 26.5. The zero-order valence-electron chi connectivity index (χ0n) is 25.8. The Labute approximate surface area is 248 Å². The van der Waals surface area contributed by atoms with Crippen LogP contribution in [0.2, 0.25) is 0 Å². The normalized spacial score (nSPS) is 11.5. The molecule has 0 aliphatic rings. The number of benzene rings is 2. The molecule has 2 aromatic carbocycles. The van der Waals surface area contributed by atoms with Crippen LogP contribution in [0.3, 0.4) is 0 Å². The van der Waals surface area contributed by atoms with E-state index in [1.807, 2.05) is 62.4 Å². The molecular formula is C34H54O7. The highest BCUT2D eigenvalue weighted by Gasteiger charge is 2.00. The maximum Gasteiger partial charge on any atom is 0.127 e. The van der Waals surface area contributed by atoms with Gasteiger partial charge in [0.2, 0.25) is 0 Å². The van der Waals surface area contributed by atoms with Crippen LogP contribution in [0.15, 0.2) is 66.9 Å². The van der Waals surface area contributed by atoms with Crippen molar-refractivity contribution in [2.75, 3.05) is 66.1 Å². The van der Waals surface area contributed by atoms with Crippen LogP contribution in [-0.2, 0) is 28.5 Å². The fraction of sp³-hybridized carbons (Fsp3) is 0.559. The lowest BCUT2D eigenvalue weighted by atomic mass is 10.0. The average Bonchev–Trinajstić information content (AvgIpc) is 3.02. The lowest BCUT2D eigenvalue weighted by Gasteiger charge is -2.06. The lowest BCUT2D eigenvalue weighted by Crippen LogP contribution is -2.08. The summed E-state index contributed by atoms with van der Waals surface area (Å²) in [5.41, 5.74) is 3.38. The van der Waals surface area contributed by atoms with E-state index in [9.17, 15) is 4.79 Å². The first-order valence-electron chi connectivity index (χ1n) is 14.9. The molecule has 0 aliphatic carbocycles. The zero-order valence-corrected chi connectivity index (χ0v) is 25.8. The van der Waals surface area contributed by atoms with Gasteiger partial charge >= 0.3 is 0 Å². The molecule has 0 bridgehead atoms. The summed E-state index contributed by atoms with van der Waals surface area (Å²) in [4.78, 5) is 10.3. The highest BCUT2D eigenvalue weighted by atomic mass is 16.5. The summed E-state index contributed by atoms with van der Waals surface area (Å²) in [7, 11) is 0. The van der Waals surface area contributed by atoms with Crippen molar-refractivity contribution in [2.45, 2.75) is 59.3 Å². The van der Waals surface area contributed by atoms with Gasteiger partial charge < -0.3 is 33.6 Å². The van der Waals surface area contributed by atoms with Crippen molar-refractivity contribution in [1.82, 2.24) is 0 Å². The minimum absolute atomic E-state index is 0.0289. The Kier molecular flexibility index (Phi) is 28.5. The number of hydrogen-bond donors (Lipinski definition) is 1. The molecule has 1 N–H and O–H groups in total. The van der Waals surface area contributed by atoms with Gasteiger partial charge in [-0.25, -0.2) is 0 Å². The first kappa shape index (κ1) is 38.5. The summed E-state index contributed by atoms with van der Waals surface area (Å²) >= 11 is 0. The third kappa shape index (κ3) is 24.9. The second kappa shape index (κ2) is 30.4. The monoisotopic (exact) mass is 574 g/mol. The number of ether oxygens (including phenoxy) is 5. The number of carbonyl (C=O) groups is 1. The van der Waals surface area contributed by atoms with E-state index in [0.29, 0.717) is 46.2 Å². The summed E-state index contributed by atoms with van der Waals surface area (Å²) in [6.07, 6.45) is 7.30. The van der Waals surface area contributed by atoms with E-state index >= 15 is 0 Å². The van der Waals surface area contributed by atoms with Gasteiger partial charge in [-0.1, -0.05) is 94.3 Å². The zero-order chi connectivity index (χ0) is 30.2. The SMILES string of the molecule is CC(C=O)c1ccccc1.CCCCOCCOCCO.CCCCOCCOCCOC=C(C)c1ccccc1. The van der Waals surface area contributed by atoms with Gasteiger partial charge in [0.15, 0.2) is 0 Å². The third-order valence-corrected chi connectivity index (χ3v) is 5.63. The minimum Gasteiger partial charge on any atom is -0.498 e. The molecule has 0 spiro atoms. The highest BCUT2D eigenvalue weighted by Crippen LogP contribution is 2.12. The predicted octanol–water partition coefficient (Wildman–Crippen LogP) is 6.70. The minimum atomic E-state index is 0.0289. The summed E-state index contributed by atoms with van der Waals surface area (Å²) in [5, 5.41) is 8.34. The molecule has 0 saturated carbocycles. The van der Waals surface area contributed by atoms with Crippen molar-refractivity contribution >= 4 is 11.9 Å². The van der Waals surface area contributed by atoms with Gasteiger partial charge in [-0.3, -0.25) is 0 Å². The average molecular weight is 575 g/mol. The van der Waals surface area contributed by atoms with E-state index in [0.717, 1.165) is 49.9 Å². The summed E-state index contributed by atoms with van der Waals surface area (Å²) in [5.74, 6) is 0.0289. The number of hydrogen-bond acceptors (Lipinski definition) is 7. The molecule has 0 radical (unpaired) electrons. The Morgan fingerprint density at radius 2 is 1.17 bits per heavy atom. The van der Waals surface area contributed by atoms with Gasteiger partial charge in [0.05, 0.1) is 52.5 Å². The number of aldehydes is 1. The van der Waals surface area contributed by atoms with Crippen molar-refractivity contribution in [3.63, 3.8) is 0 Å². The standard InChI is InChI=1S/C17H26O3.C9H10O.C8H18O3/c1-3-4-10-18-11-12-19-13-14-20-15-16(2)17-8-6-5-7-9-17;1-8(7-10)9-5-3-2-4-6-9;1-2-3-5-10-7-8-11-6-4-9/h5-9,15H,3-4,10-14H2,1-2H3;2-8H,1H3;9H,2-8H2,1H3. The molecule has 41 heavy (non-hydrogen) atoms. The van der Waals surface area contributed by atoms with E-state index in [1.54, 1.807) is 6.26 Å². The molecule has 0 aliphatic heterocycles. The van der Waals surface area contributed by atoms with Gasteiger partial charge in [-0.2, -0.15) is 0 Å². The first-order valence-corrected chi connectivity index (χ1v) is 14.9. The second-order valence-corrected chi connectivity index (χ2v) is 9.25. The molecule has 1 unspecified atom stereocenters. The van der Waals surface area contributed by atoms with E-state index in [-0.39, 0.29) is 12.5 Å². The van der Waals surface area contributed by atoms with Crippen LogP contribution in [-0.4, -0.2) is 77.5 Å². The molecule has 2 aromatic rings. The Bertz CT molecular complexity index is 819. The maximum atomic E-state index is 10.3. The fourth-order valence-corrected chi connectivity index (χ4v) is 3.10. The number of unbranched alkanes of at least 4 members (excludes halogenated alkanes) is 2. The van der Waals surface area contributed by atoms with Crippen LogP contribution in [0.5, 0.6) is 0 Å². The van der Waals surface area contributed by atoms with E-state index in [2.05, 4.69) is 26.0 Å². The number of allylic oxidation sites excluding steroid dienone is 1. The molecule has 232 valence electrons. The Hall–Kier alpha value is -2.55. The molecule has 0 heterocycles. The molecular weight excluding hydrogens is 520 g/mol. The molecule has 0 fully saturated rings. The Morgan fingerprint density at radius 1 is 0.707 bits per heavy atom. The van der Waals surface area contributed by atoms with Crippen molar-refractivity contribution in [2.24, 2.45) is 0 Å². The van der Waals surface area contributed by atoms with Crippen LogP contribution >= 0.6 is 0 Å². The molecule has 0 saturated heterocycles. The molecule has 7 heteroatoms. The van der Waals surface area contributed by atoms with Gasteiger partial charge in [0.1, 0.15) is 12.9 Å². The van der Waals surface area contributed by atoms with Crippen molar-refractivity contribution in [3.05, 3.63) is 78.1 Å². The number of carbonyl (C=O) groups excluding carboxylic acids is 1. The van der Waals surface area contributed by atoms with Gasteiger partial charge in [-0.15, -0.1) is 0 Å². The number of aliphatic hydroxyl groups excluding tert-OH is 1. The topological polar surface area (TPSA) is 83.5 Å². The van der Waals surface area contributed by atoms with E-state index in [1.165, 1.54) is 12.0 Å². The lowest BCUT2D eigenvalue weighted by molar-refractivity contribution is -0.108. The van der Waals surface area contributed by atoms with Crippen LogP contribution < -0.4 is 0 Å². The quantitative estimate of drug-likeness (QED) is 0.101. The molecule has 0 amide bonds. The van der Waals surface area contributed by atoms with Gasteiger partial charge in [-0.05, 0) is 36.5 Å². The van der Waals surface area contributed by atoms with E-state index < -0.39 is 0 Å². The van der Waals surface area contributed by atoms with Crippen molar-refractivity contribution in [1.29, 1.82) is 0 Å². The van der Waals surface area contributed by atoms with Gasteiger partial charge in [0.25, 0.3) is 0 Å². The highest BCUT2D eigenvalue weighted by molar-refractivity contribution is 5.62. The maximum absolute atomic E-state index is 10.3. The fourth-order valence-electron chi connectivity index (χ4n) is 3.10. The van der Waals surface area contributed by atoms with Crippen molar-refractivity contribution < 1.29 is 33.6 Å². The van der Waals surface area contributed by atoms with Crippen LogP contribution in [0, 0.1) is 0 Å². The number of rotatable bonds is 21. The van der Waals surface area contributed by atoms with Crippen LogP contribution in [0.1, 0.15) is 70.4 Å².